The average Bonchev–Trinajstić information content (AvgIpc) is 2.61. The highest BCUT2D eigenvalue weighted by atomic mass is 28.3. The Labute approximate surface area is 171 Å². The van der Waals surface area contributed by atoms with Gasteiger partial charge in [0.15, 0.2) is 0 Å². The first kappa shape index (κ1) is 24.3. The molecule has 0 radical (unpaired) electrons. The molecule has 0 aliphatic carbocycles. The van der Waals surface area contributed by atoms with Crippen LogP contribution < -0.4 is 0 Å². The summed E-state index contributed by atoms with van der Waals surface area (Å²) < 4.78 is 11.5. The van der Waals surface area contributed by atoms with E-state index in [-0.39, 0.29) is 18.7 Å². The van der Waals surface area contributed by atoms with Crippen molar-refractivity contribution in [1.82, 2.24) is 0 Å². The molecule has 0 fully saturated rings. The maximum atomic E-state index is 12.2. The molecule has 0 aliphatic rings. The predicted molar refractivity (Wildman–Crippen MR) is 118 cm³/mol. The van der Waals surface area contributed by atoms with Crippen LogP contribution in [0.25, 0.3) is 0 Å². The van der Waals surface area contributed by atoms with Crippen LogP contribution in [-0.4, -0.2) is 38.5 Å². The van der Waals surface area contributed by atoms with E-state index in [9.17, 15) is 9.90 Å². The molecule has 28 heavy (non-hydrogen) atoms. The number of aliphatic hydroxyl groups is 1. The van der Waals surface area contributed by atoms with Crippen molar-refractivity contribution >= 4 is 14.0 Å². The number of carbonyl (C=O) groups excluding carboxylic acids is 1. The average molecular weight is 405 g/mol. The number of aliphatic hydroxyl groups excluding tert-OH is 1. The lowest BCUT2D eigenvalue weighted by Crippen LogP contribution is -2.27. The molecule has 0 unspecified atom stereocenters. The third-order valence-electron chi connectivity index (χ3n) is 4.36. The second-order valence-electron chi connectivity index (χ2n) is 8.46. The van der Waals surface area contributed by atoms with Gasteiger partial charge >= 0.3 is 5.97 Å². The van der Waals surface area contributed by atoms with Crippen molar-refractivity contribution in [3.05, 3.63) is 58.7 Å². The van der Waals surface area contributed by atoms with Crippen molar-refractivity contribution in [1.29, 1.82) is 0 Å². The van der Waals surface area contributed by atoms with E-state index in [2.05, 4.69) is 19.6 Å². The van der Waals surface area contributed by atoms with Crippen molar-refractivity contribution in [2.24, 2.45) is 0 Å². The molecule has 0 amide bonds. The molecular weight excluding hydrogens is 368 g/mol. The molecule has 0 aromatic heterocycles. The van der Waals surface area contributed by atoms with Crippen molar-refractivity contribution in [2.75, 3.05) is 13.2 Å². The fraction of sp³-hybridized carbons (Fsp3) is 0.522. The standard InChI is InChI=1S/C23H36O4Si/c1-7-26-23(25)14-21(17-28(4,5)6)22(13-20(15-24)18(2)3)27-16-19-11-9-8-10-12-19/h8-12,14,22,24H,7,13,15-17H2,1-6H3/b21-14+/t22-/m0/s1. The molecule has 0 saturated carbocycles. The zero-order valence-electron chi connectivity index (χ0n) is 18.2. The lowest BCUT2D eigenvalue weighted by atomic mass is 9.99. The van der Waals surface area contributed by atoms with E-state index in [0.29, 0.717) is 19.6 Å². The van der Waals surface area contributed by atoms with Crippen molar-refractivity contribution < 1.29 is 19.4 Å². The number of benzene rings is 1. The van der Waals surface area contributed by atoms with Gasteiger partial charge in [0, 0.05) is 20.6 Å². The molecule has 1 atom stereocenters. The molecule has 5 heteroatoms. The monoisotopic (exact) mass is 404 g/mol. The van der Waals surface area contributed by atoms with E-state index >= 15 is 0 Å². The predicted octanol–water partition coefficient (Wildman–Crippen LogP) is 5.12. The molecule has 0 spiro atoms. The second-order valence-corrected chi connectivity index (χ2v) is 13.9. The second kappa shape index (κ2) is 12.0. The Hall–Kier alpha value is -1.69. The maximum Gasteiger partial charge on any atom is 0.330 e. The number of hydrogen-bond acceptors (Lipinski definition) is 4. The zero-order valence-corrected chi connectivity index (χ0v) is 19.2. The van der Waals surface area contributed by atoms with Gasteiger partial charge in [-0.3, -0.25) is 0 Å². The molecule has 0 bridgehead atoms. The van der Waals surface area contributed by atoms with E-state index in [4.69, 9.17) is 9.47 Å². The molecule has 0 saturated heterocycles. The van der Waals surface area contributed by atoms with Gasteiger partial charge in [0.1, 0.15) is 0 Å². The van der Waals surface area contributed by atoms with E-state index in [1.165, 1.54) is 0 Å². The van der Waals surface area contributed by atoms with Crippen molar-refractivity contribution in [3.63, 3.8) is 0 Å². The van der Waals surface area contributed by atoms with Crippen LogP contribution in [0.3, 0.4) is 0 Å². The van der Waals surface area contributed by atoms with Crippen molar-refractivity contribution in [2.45, 2.75) is 65.6 Å². The first-order valence-corrected chi connectivity index (χ1v) is 13.7. The number of allylic oxidation sites excluding steroid dienone is 1. The Morgan fingerprint density at radius 3 is 2.32 bits per heavy atom. The highest BCUT2D eigenvalue weighted by Gasteiger charge is 2.25. The Bertz CT molecular complexity index is 668. The summed E-state index contributed by atoms with van der Waals surface area (Å²) >= 11 is 0. The quantitative estimate of drug-likeness (QED) is 0.241. The minimum atomic E-state index is -1.50. The van der Waals surface area contributed by atoms with Gasteiger partial charge in [-0.25, -0.2) is 4.79 Å². The zero-order chi connectivity index (χ0) is 21.2. The highest BCUT2D eigenvalue weighted by molar-refractivity contribution is 6.76. The number of hydrogen-bond donors (Lipinski definition) is 1. The number of rotatable bonds is 11. The summed E-state index contributed by atoms with van der Waals surface area (Å²) in [5.74, 6) is -0.327. The van der Waals surface area contributed by atoms with E-state index in [1.54, 1.807) is 13.0 Å². The summed E-state index contributed by atoms with van der Waals surface area (Å²) in [4.78, 5) is 12.2. The first-order valence-electron chi connectivity index (χ1n) is 9.95. The Morgan fingerprint density at radius 1 is 1.18 bits per heavy atom. The molecule has 1 rings (SSSR count). The normalized spacial score (nSPS) is 13.2. The van der Waals surface area contributed by atoms with E-state index < -0.39 is 8.07 Å². The van der Waals surface area contributed by atoms with Crippen LogP contribution in [0.2, 0.25) is 25.7 Å². The molecular formula is C23H36O4Si. The van der Waals surface area contributed by atoms with E-state index in [1.807, 2.05) is 44.2 Å². The third-order valence-corrected chi connectivity index (χ3v) is 5.83. The largest absolute Gasteiger partial charge is 0.463 e. The molecule has 156 valence electrons. The summed E-state index contributed by atoms with van der Waals surface area (Å²) in [7, 11) is -1.50. The van der Waals surface area contributed by atoms with Gasteiger partial charge in [-0.15, -0.1) is 0 Å². The fourth-order valence-electron chi connectivity index (χ4n) is 2.92. The summed E-state index contributed by atoms with van der Waals surface area (Å²) in [6, 6.07) is 10.8. The van der Waals surface area contributed by atoms with Crippen LogP contribution in [0.4, 0.5) is 0 Å². The smallest absolute Gasteiger partial charge is 0.330 e. The topological polar surface area (TPSA) is 55.8 Å². The van der Waals surface area contributed by atoms with Gasteiger partial charge in [0.2, 0.25) is 0 Å². The summed E-state index contributed by atoms with van der Waals surface area (Å²) in [5.41, 5.74) is 4.07. The Morgan fingerprint density at radius 2 is 1.82 bits per heavy atom. The molecule has 4 nitrogen and oxygen atoms in total. The van der Waals surface area contributed by atoms with Gasteiger partial charge in [-0.05, 0) is 43.5 Å². The Balaban J connectivity index is 3.19. The van der Waals surface area contributed by atoms with E-state index in [0.717, 1.165) is 28.3 Å². The van der Waals surface area contributed by atoms with Crippen LogP contribution >= 0.6 is 0 Å². The van der Waals surface area contributed by atoms with Crippen LogP contribution in [0.15, 0.2) is 53.1 Å². The number of carbonyl (C=O) groups is 1. The van der Waals surface area contributed by atoms with Crippen molar-refractivity contribution in [3.8, 4) is 0 Å². The molecule has 1 N–H and O–H groups in total. The lowest BCUT2D eigenvalue weighted by Gasteiger charge is -2.27. The minimum Gasteiger partial charge on any atom is -0.463 e. The summed E-state index contributed by atoms with van der Waals surface area (Å²) in [5, 5.41) is 9.80. The van der Waals surface area contributed by atoms with Crippen LogP contribution in [0.5, 0.6) is 0 Å². The minimum absolute atomic E-state index is 0.00678. The van der Waals surface area contributed by atoms with Gasteiger partial charge in [0.05, 0.1) is 25.9 Å². The van der Waals surface area contributed by atoms with Gasteiger partial charge in [-0.2, -0.15) is 0 Å². The molecule has 1 aromatic rings. The number of ether oxygens (including phenoxy) is 2. The van der Waals surface area contributed by atoms with Crippen LogP contribution in [-0.2, 0) is 20.9 Å². The Kier molecular flexibility index (Phi) is 10.4. The fourth-order valence-corrected chi connectivity index (χ4v) is 4.48. The summed E-state index contributed by atoms with van der Waals surface area (Å²) in [6.45, 7) is 13.4. The summed E-state index contributed by atoms with van der Waals surface area (Å²) in [6.07, 6.45) is 1.91. The van der Waals surface area contributed by atoms with Gasteiger partial charge in [-0.1, -0.05) is 55.5 Å². The maximum absolute atomic E-state index is 12.2. The van der Waals surface area contributed by atoms with Crippen LogP contribution in [0.1, 0.15) is 32.8 Å². The van der Waals surface area contributed by atoms with Gasteiger partial charge < -0.3 is 14.6 Å². The van der Waals surface area contributed by atoms with Crippen LogP contribution in [0, 0.1) is 0 Å². The SMILES string of the molecule is CCOC(=O)/C=C(\C[Si](C)(C)C)[C@H](CC(CO)=C(C)C)OCc1ccccc1. The third kappa shape index (κ3) is 9.49. The highest BCUT2D eigenvalue weighted by Crippen LogP contribution is 2.27. The molecule has 0 aliphatic heterocycles. The molecule has 0 heterocycles. The number of esters is 1. The lowest BCUT2D eigenvalue weighted by molar-refractivity contribution is -0.137. The first-order chi connectivity index (χ1) is 13.2. The molecule has 1 aromatic carbocycles. The van der Waals surface area contributed by atoms with Gasteiger partial charge in [0.25, 0.3) is 0 Å².